The molecular weight excluding hydrogens is 410 g/mol. The highest BCUT2D eigenvalue weighted by molar-refractivity contribution is 7.22. The number of aryl methyl sites for hydroxylation is 1. The van der Waals surface area contributed by atoms with Crippen LogP contribution in [0.4, 0.5) is 10.9 Å². The number of fused-ring (bicyclic) bond motifs is 1. The van der Waals surface area contributed by atoms with Gasteiger partial charge in [-0.25, -0.2) is 9.97 Å². The SMILES string of the molecule is CCCC(=O)Nc1nc2ccc(CCC(=O)N3CCN(c4ccccn4)CC3)cc2s1. The number of anilines is 2. The fraction of sp³-hybridized carbons (Fsp3) is 0.391. The lowest BCUT2D eigenvalue weighted by Gasteiger charge is -2.35. The van der Waals surface area contributed by atoms with Crippen LogP contribution in [0, 0.1) is 0 Å². The van der Waals surface area contributed by atoms with Crippen LogP contribution in [0.15, 0.2) is 42.6 Å². The van der Waals surface area contributed by atoms with Gasteiger partial charge in [0.2, 0.25) is 11.8 Å². The molecule has 1 aliphatic rings. The third-order valence-electron chi connectivity index (χ3n) is 5.41. The number of amides is 2. The van der Waals surface area contributed by atoms with Gasteiger partial charge in [-0.15, -0.1) is 0 Å². The van der Waals surface area contributed by atoms with Crippen LogP contribution in [0.3, 0.4) is 0 Å². The van der Waals surface area contributed by atoms with E-state index < -0.39 is 0 Å². The number of pyridine rings is 1. The molecule has 31 heavy (non-hydrogen) atoms. The number of hydrogen-bond acceptors (Lipinski definition) is 6. The molecule has 8 heteroatoms. The first-order valence-corrected chi connectivity index (χ1v) is 11.6. The lowest BCUT2D eigenvalue weighted by atomic mass is 10.1. The number of thiazole rings is 1. The number of aromatic nitrogens is 2. The Morgan fingerprint density at radius 3 is 2.68 bits per heavy atom. The Balaban J connectivity index is 1.29. The van der Waals surface area contributed by atoms with E-state index in [2.05, 4.69) is 26.3 Å². The van der Waals surface area contributed by atoms with E-state index in [1.165, 1.54) is 11.3 Å². The summed E-state index contributed by atoms with van der Waals surface area (Å²) >= 11 is 1.48. The Morgan fingerprint density at radius 1 is 1.10 bits per heavy atom. The highest BCUT2D eigenvalue weighted by Gasteiger charge is 2.21. The molecule has 0 atom stereocenters. The minimum Gasteiger partial charge on any atom is -0.353 e. The van der Waals surface area contributed by atoms with Gasteiger partial charge in [0, 0.05) is 45.2 Å². The van der Waals surface area contributed by atoms with Crippen LogP contribution < -0.4 is 10.2 Å². The zero-order valence-corrected chi connectivity index (χ0v) is 18.5. The first-order chi connectivity index (χ1) is 15.1. The van der Waals surface area contributed by atoms with Crippen molar-refractivity contribution < 1.29 is 9.59 Å². The largest absolute Gasteiger partial charge is 0.353 e. The van der Waals surface area contributed by atoms with Gasteiger partial charge in [0.15, 0.2) is 5.13 Å². The Bertz CT molecular complexity index is 1040. The summed E-state index contributed by atoms with van der Waals surface area (Å²) in [5.74, 6) is 1.16. The number of piperazine rings is 1. The highest BCUT2D eigenvalue weighted by atomic mass is 32.1. The monoisotopic (exact) mass is 437 g/mol. The Morgan fingerprint density at radius 2 is 1.94 bits per heavy atom. The molecule has 162 valence electrons. The minimum atomic E-state index is -0.00415. The molecule has 1 fully saturated rings. The van der Waals surface area contributed by atoms with Gasteiger partial charge in [-0.3, -0.25) is 9.59 Å². The van der Waals surface area contributed by atoms with Gasteiger partial charge >= 0.3 is 0 Å². The second-order valence-electron chi connectivity index (χ2n) is 7.68. The predicted molar refractivity (Wildman–Crippen MR) is 125 cm³/mol. The van der Waals surface area contributed by atoms with Gasteiger partial charge < -0.3 is 15.1 Å². The van der Waals surface area contributed by atoms with Crippen LogP contribution in [-0.4, -0.2) is 52.9 Å². The molecule has 3 heterocycles. The van der Waals surface area contributed by atoms with Crippen LogP contribution in [0.2, 0.25) is 0 Å². The molecule has 3 aromatic rings. The topological polar surface area (TPSA) is 78.4 Å². The standard InChI is InChI=1S/C23H27N5O2S/c1-2-5-21(29)26-23-25-18-9-7-17(16-19(18)31-23)8-10-22(30)28-14-12-27(13-15-28)20-6-3-4-11-24-20/h3-4,6-7,9,11,16H,2,5,8,10,12-15H2,1H3,(H,25,26,29). The van der Waals surface area contributed by atoms with E-state index in [-0.39, 0.29) is 11.8 Å². The summed E-state index contributed by atoms with van der Waals surface area (Å²) in [7, 11) is 0. The molecule has 7 nitrogen and oxygen atoms in total. The smallest absolute Gasteiger partial charge is 0.226 e. The van der Waals surface area contributed by atoms with Crippen molar-refractivity contribution in [1.29, 1.82) is 0 Å². The maximum Gasteiger partial charge on any atom is 0.226 e. The number of hydrogen-bond donors (Lipinski definition) is 1. The first kappa shape index (κ1) is 21.2. The first-order valence-electron chi connectivity index (χ1n) is 10.8. The summed E-state index contributed by atoms with van der Waals surface area (Å²) in [6.45, 7) is 5.05. The van der Waals surface area contributed by atoms with Gasteiger partial charge in [0.05, 0.1) is 10.2 Å². The maximum atomic E-state index is 12.7. The number of rotatable bonds is 7. The van der Waals surface area contributed by atoms with E-state index >= 15 is 0 Å². The van der Waals surface area contributed by atoms with E-state index in [0.717, 1.165) is 54.2 Å². The van der Waals surface area contributed by atoms with Gasteiger partial charge in [0.25, 0.3) is 0 Å². The quantitative estimate of drug-likeness (QED) is 0.610. The molecule has 0 aliphatic carbocycles. The zero-order chi connectivity index (χ0) is 21.6. The van der Waals surface area contributed by atoms with Crippen LogP contribution in [-0.2, 0) is 16.0 Å². The van der Waals surface area contributed by atoms with Crippen molar-refractivity contribution in [1.82, 2.24) is 14.9 Å². The molecule has 2 amide bonds. The normalized spacial score (nSPS) is 14.1. The number of nitrogens with one attached hydrogen (secondary N) is 1. The number of carbonyl (C=O) groups is 2. The van der Waals surface area contributed by atoms with Crippen molar-refractivity contribution in [3.63, 3.8) is 0 Å². The van der Waals surface area contributed by atoms with E-state index in [9.17, 15) is 9.59 Å². The van der Waals surface area contributed by atoms with E-state index in [0.29, 0.717) is 24.4 Å². The Hall–Kier alpha value is -3.00. The van der Waals surface area contributed by atoms with Crippen LogP contribution in [0.1, 0.15) is 31.7 Å². The second-order valence-corrected chi connectivity index (χ2v) is 8.71. The minimum absolute atomic E-state index is 0.00415. The van der Waals surface area contributed by atoms with Crippen molar-refractivity contribution in [2.24, 2.45) is 0 Å². The highest BCUT2D eigenvalue weighted by Crippen LogP contribution is 2.27. The van der Waals surface area contributed by atoms with Crippen molar-refractivity contribution in [2.45, 2.75) is 32.6 Å². The summed E-state index contributed by atoms with van der Waals surface area (Å²) in [4.78, 5) is 37.5. The molecule has 1 N–H and O–H groups in total. The second kappa shape index (κ2) is 9.87. The molecule has 0 bridgehead atoms. The third-order valence-corrected chi connectivity index (χ3v) is 6.34. The molecule has 1 aromatic carbocycles. The number of benzene rings is 1. The molecule has 0 unspecified atom stereocenters. The average Bonchev–Trinajstić information content (AvgIpc) is 3.19. The van der Waals surface area contributed by atoms with Crippen molar-refractivity contribution in [2.75, 3.05) is 36.4 Å². The molecular formula is C23H27N5O2S. The maximum absolute atomic E-state index is 12.7. The fourth-order valence-corrected chi connectivity index (χ4v) is 4.67. The zero-order valence-electron chi connectivity index (χ0n) is 17.7. The van der Waals surface area contributed by atoms with Gasteiger partial charge in [-0.05, 0) is 42.7 Å². The molecule has 4 rings (SSSR count). The van der Waals surface area contributed by atoms with E-state index in [1.807, 2.05) is 42.2 Å². The van der Waals surface area contributed by atoms with Crippen LogP contribution in [0.5, 0.6) is 0 Å². The van der Waals surface area contributed by atoms with E-state index in [4.69, 9.17) is 0 Å². The van der Waals surface area contributed by atoms with Gasteiger partial charge in [-0.2, -0.15) is 0 Å². The molecule has 2 aromatic heterocycles. The average molecular weight is 438 g/mol. The van der Waals surface area contributed by atoms with Crippen molar-refractivity contribution >= 4 is 44.3 Å². The number of nitrogens with zero attached hydrogens (tertiary/aromatic N) is 4. The number of carbonyl (C=O) groups excluding carboxylic acids is 2. The summed E-state index contributed by atoms with van der Waals surface area (Å²) in [6.07, 6.45) is 4.31. The molecule has 0 saturated carbocycles. The lowest BCUT2D eigenvalue weighted by molar-refractivity contribution is -0.131. The van der Waals surface area contributed by atoms with E-state index in [1.54, 1.807) is 6.20 Å². The van der Waals surface area contributed by atoms with Gasteiger partial charge in [-0.1, -0.05) is 30.4 Å². The van der Waals surface area contributed by atoms with Crippen molar-refractivity contribution in [3.05, 3.63) is 48.2 Å². The third kappa shape index (κ3) is 5.38. The Labute approximate surface area is 186 Å². The summed E-state index contributed by atoms with van der Waals surface area (Å²) < 4.78 is 1.03. The molecule has 0 radical (unpaired) electrons. The summed E-state index contributed by atoms with van der Waals surface area (Å²) in [6, 6.07) is 12.0. The molecule has 1 aliphatic heterocycles. The lowest BCUT2D eigenvalue weighted by Crippen LogP contribution is -2.49. The summed E-state index contributed by atoms with van der Waals surface area (Å²) in [5, 5.41) is 3.49. The predicted octanol–water partition coefficient (Wildman–Crippen LogP) is 3.71. The molecule has 1 saturated heterocycles. The molecule has 0 spiro atoms. The summed E-state index contributed by atoms with van der Waals surface area (Å²) in [5.41, 5.74) is 1.99. The fourth-order valence-electron chi connectivity index (χ4n) is 3.72. The van der Waals surface area contributed by atoms with Crippen LogP contribution >= 0.6 is 11.3 Å². The Kier molecular flexibility index (Phi) is 6.76. The van der Waals surface area contributed by atoms with Crippen molar-refractivity contribution in [3.8, 4) is 0 Å². The van der Waals surface area contributed by atoms with Gasteiger partial charge in [0.1, 0.15) is 5.82 Å². The van der Waals surface area contributed by atoms with Crippen LogP contribution in [0.25, 0.3) is 10.2 Å².